The highest BCUT2D eigenvalue weighted by Crippen LogP contribution is 2.28. The van der Waals surface area contributed by atoms with Crippen LogP contribution in [-0.2, 0) is 9.53 Å². The highest BCUT2D eigenvalue weighted by molar-refractivity contribution is 5.93. The lowest BCUT2D eigenvalue weighted by Crippen LogP contribution is -2.24. The second-order valence-electron chi connectivity index (χ2n) is 7.81. The fourth-order valence-electron chi connectivity index (χ4n) is 3.86. The minimum absolute atomic E-state index is 0.0259. The number of nitrogen functional groups attached to an aromatic ring is 1. The van der Waals surface area contributed by atoms with E-state index in [1.165, 1.54) is 0 Å². The molecule has 2 aromatic heterocycles. The fourth-order valence-corrected chi connectivity index (χ4v) is 3.86. The highest BCUT2D eigenvalue weighted by Gasteiger charge is 2.23. The molecule has 2 aliphatic heterocycles. The Bertz CT molecular complexity index is 1090. The molecular weight excluding hydrogens is 396 g/mol. The van der Waals surface area contributed by atoms with Gasteiger partial charge in [0.15, 0.2) is 5.52 Å². The number of anilines is 2. The summed E-state index contributed by atoms with van der Waals surface area (Å²) in [6, 6.07) is 11.4. The van der Waals surface area contributed by atoms with Crippen molar-refractivity contribution in [2.24, 2.45) is 5.92 Å². The van der Waals surface area contributed by atoms with Gasteiger partial charge in [0, 0.05) is 24.2 Å². The van der Waals surface area contributed by atoms with Gasteiger partial charge in [-0.3, -0.25) is 4.79 Å². The first-order valence-electron chi connectivity index (χ1n) is 10.5. The first kappa shape index (κ1) is 19.7. The van der Waals surface area contributed by atoms with E-state index in [1.807, 2.05) is 36.4 Å². The van der Waals surface area contributed by atoms with Crippen molar-refractivity contribution in [3.8, 4) is 17.1 Å². The maximum atomic E-state index is 12.3. The molecule has 2 atom stereocenters. The molecule has 4 heterocycles. The van der Waals surface area contributed by atoms with Gasteiger partial charge in [0.2, 0.25) is 17.7 Å². The van der Waals surface area contributed by atoms with Crippen LogP contribution in [-0.4, -0.2) is 53.3 Å². The number of carbonyl (C=O) groups excluding carboxylic acids is 1. The molecule has 2 fully saturated rings. The van der Waals surface area contributed by atoms with Gasteiger partial charge in [0.1, 0.15) is 6.10 Å². The molecule has 0 radical (unpaired) electrons. The third-order valence-corrected chi connectivity index (χ3v) is 5.57. The van der Waals surface area contributed by atoms with Crippen LogP contribution in [0.15, 0.2) is 36.4 Å². The third-order valence-electron chi connectivity index (χ3n) is 5.57. The largest absolute Gasteiger partial charge is 0.470 e. The van der Waals surface area contributed by atoms with Crippen molar-refractivity contribution in [3.63, 3.8) is 0 Å². The SMILES string of the molecule is Nc1nc(O[C@@H]2CCOC2)c2nc(-c3ccc(NC(=O)[C@H]4CCNC4)cc3)ccc2n1. The number of ether oxygens (including phenoxy) is 2. The van der Waals surface area contributed by atoms with Crippen molar-refractivity contribution >= 4 is 28.6 Å². The Hall–Kier alpha value is -3.30. The summed E-state index contributed by atoms with van der Waals surface area (Å²) in [6.45, 7) is 2.81. The van der Waals surface area contributed by atoms with E-state index in [9.17, 15) is 4.79 Å². The third kappa shape index (κ3) is 4.28. The summed E-state index contributed by atoms with van der Waals surface area (Å²) in [5.41, 5.74) is 9.47. The fraction of sp³-hybridized carbons (Fsp3) is 0.364. The number of nitrogens with two attached hydrogens (primary N) is 1. The molecule has 1 amide bonds. The van der Waals surface area contributed by atoms with E-state index in [-0.39, 0.29) is 23.9 Å². The van der Waals surface area contributed by atoms with E-state index in [1.54, 1.807) is 0 Å². The van der Waals surface area contributed by atoms with Gasteiger partial charge in [-0.1, -0.05) is 12.1 Å². The number of aromatic nitrogens is 3. The van der Waals surface area contributed by atoms with Crippen LogP contribution in [0.5, 0.6) is 5.88 Å². The summed E-state index contributed by atoms with van der Waals surface area (Å²) in [4.78, 5) is 25.6. The van der Waals surface area contributed by atoms with Crippen LogP contribution in [0, 0.1) is 5.92 Å². The van der Waals surface area contributed by atoms with Crippen LogP contribution in [0.1, 0.15) is 12.8 Å². The zero-order valence-corrected chi connectivity index (χ0v) is 17.0. The number of amides is 1. The van der Waals surface area contributed by atoms with E-state index in [2.05, 4.69) is 20.6 Å². The van der Waals surface area contributed by atoms with Gasteiger partial charge in [-0.15, -0.1) is 0 Å². The average molecular weight is 420 g/mol. The Labute approximate surface area is 179 Å². The van der Waals surface area contributed by atoms with Gasteiger partial charge in [-0.2, -0.15) is 4.98 Å². The van der Waals surface area contributed by atoms with E-state index in [0.717, 1.165) is 42.9 Å². The quantitative estimate of drug-likeness (QED) is 0.572. The lowest BCUT2D eigenvalue weighted by molar-refractivity contribution is -0.119. The number of rotatable bonds is 5. The minimum Gasteiger partial charge on any atom is -0.470 e. The van der Waals surface area contributed by atoms with Gasteiger partial charge in [0.25, 0.3) is 0 Å². The summed E-state index contributed by atoms with van der Waals surface area (Å²) in [5, 5.41) is 6.19. The molecular formula is C22H24N6O3. The van der Waals surface area contributed by atoms with E-state index >= 15 is 0 Å². The highest BCUT2D eigenvalue weighted by atomic mass is 16.5. The van der Waals surface area contributed by atoms with Crippen molar-refractivity contribution in [2.75, 3.05) is 37.4 Å². The molecule has 160 valence electrons. The molecule has 4 N–H and O–H groups in total. The summed E-state index contributed by atoms with van der Waals surface area (Å²) in [5.74, 6) is 0.592. The van der Waals surface area contributed by atoms with Crippen LogP contribution in [0.2, 0.25) is 0 Å². The Kier molecular flexibility index (Phi) is 5.35. The Morgan fingerprint density at radius 2 is 2.00 bits per heavy atom. The molecule has 31 heavy (non-hydrogen) atoms. The monoisotopic (exact) mass is 420 g/mol. The Morgan fingerprint density at radius 1 is 1.13 bits per heavy atom. The number of hydrogen-bond acceptors (Lipinski definition) is 8. The van der Waals surface area contributed by atoms with Gasteiger partial charge in [-0.25, -0.2) is 9.97 Å². The van der Waals surface area contributed by atoms with Crippen LogP contribution in [0.3, 0.4) is 0 Å². The molecule has 0 bridgehead atoms. The summed E-state index contributed by atoms with van der Waals surface area (Å²) < 4.78 is 11.4. The summed E-state index contributed by atoms with van der Waals surface area (Å²) in [6.07, 6.45) is 1.60. The molecule has 2 saturated heterocycles. The lowest BCUT2D eigenvalue weighted by Gasteiger charge is -2.13. The van der Waals surface area contributed by atoms with E-state index in [4.69, 9.17) is 20.2 Å². The number of nitrogens with zero attached hydrogens (tertiary/aromatic N) is 3. The number of hydrogen-bond donors (Lipinski definition) is 3. The Morgan fingerprint density at radius 3 is 2.74 bits per heavy atom. The minimum atomic E-state index is -0.0686. The molecule has 3 aromatic rings. The van der Waals surface area contributed by atoms with E-state index in [0.29, 0.717) is 30.1 Å². The van der Waals surface area contributed by atoms with Crippen LogP contribution in [0.4, 0.5) is 11.6 Å². The van der Waals surface area contributed by atoms with Crippen LogP contribution >= 0.6 is 0 Å². The molecule has 0 saturated carbocycles. The van der Waals surface area contributed by atoms with Crippen molar-refractivity contribution in [1.29, 1.82) is 0 Å². The second kappa shape index (κ2) is 8.44. The summed E-state index contributed by atoms with van der Waals surface area (Å²) >= 11 is 0. The maximum Gasteiger partial charge on any atom is 0.245 e. The summed E-state index contributed by atoms with van der Waals surface area (Å²) in [7, 11) is 0. The Balaban J connectivity index is 1.39. The van der Waals surface area contributed by atoms with Gasteiger partial charge >= 0.3 is 0 Å². The average Bonchev–Trinajstić information content (AvgIpc) is 3.48. The first-order valence-corrected chi connectivity index (χ1v) is 10.5. The zero-order valence-electron chi connectivity index (χ0n) is 17.0. The molecule has 5 rings (SSSR count). The van der Waals surface area contributed by atoms with Gasteiger partial charge < -0.3 is 25.8 Å². The maximum absolute atomic E-state index is 12.3. The van der Waals surface area contributed by atoms with Crippen molar-refractivity contribution in [2.45, 2.75) is 18.9 Å². The molecule has 0 spiro atoms. The first-order chi connectivity index (χ1) is 15.2. The molecule has 9 nitrogen and oxygen atoms in total. The van der Waals surface area contributed by atoms with Gasteiger partial charge in [-0.05, 0) is 37.2 Å². The number of benzene rings is 1. The lowest BCUT2D eigenvalue weighted by atomic mass is 10.1. The smallest absolute Gasteiger partial charge is 0.245 e. The molecule has 0 unspecified atom stereocenters. The molecule has 2 aliphatic rings. The molecule has 1 aromatic carbocycles. The predicted molar refractivity (Wildman–Crippen MR) is 117 cm³/mol. The number of pyridine rings is 1. The van der Waals surface area contributed by atoms with Crippen molar-refractivity contribution in [1.82, 2.24) is 20.3 Å². The normalized spacial score (nSPS) is 20.8. The number of nitrogens with one attached hydrogen (secondary N) is 2. The predicted octanol–water partition coefficient (Wildman–Crippen LogP) is 1.99. The van der Waals surface area contributed by atoms with Crippen molar-refractivity contribution in [3.05, 3.63) is 36.4 Å². The topological polar surface area (TPSA) is 124 Å². The van der Waals surface area contributed by atoms with E-state index < -0.39 is 0 Å². The van der Waals surface area contributed by atoms with Crippen LogP contribution in [0.25, 0.3) is 22.3 Å². The standard InChI is InChI=1S/C22H24N6O3/c23-22-27-18-6-5-17(26-19(18)21(28-22)31-16-8-10-30-12-16)13-1-3-15(4-2-13)25-20(29)14-7-9-24-11-14/h1-6,14,16,24H,7-12H2,(H,25,29)(H2,23,27,28)/t14-,16+/m0/s1. The number of fused-ring (bicyclic) bond motifs is 1. The van der Waals surface area contributed by atoms with Crippen molar-refractivity contribution < 1.29 is 14.3 Å². The van der Waals surface area contributed by atoms with Crippen LogP contribution < -0.4 is 21.1 Å². The second-order valence-corrected chi connectivity index (χ2v) is 7.81. The zero-order chi connectivity index (χ0) is 21.2. The number of carbonyl (C=O) groups is 1. The van der Waals surface area contributed by atoms with Gasteiger partial charge in [0.05, 0.1) is 30.3 Å². The molecule has 0 aliphatic carbocycles. The molecule has 9 heteroatoms.